The predicted octanol–water partition coefficient (Wildman–Crippen LogP) is 7.02. The molecule has 1 aliphatic heterocycles. The first kappa shape index (κ1) is 29.8. The number of anilines is 1. The molecule has 1 aliphatic carbocycles. The normalized spacial score (nSPS) is 16.9. The molecule has 12 heteroatoms. The van der Waals surface area contributed by atoms with E-state index in [1.54, 1.807) is 18.7 Å². The Morgan fingerprint density at radius 2 is 1.79 bits per heavy atom. The number of carbonyl (C=O) groups is 1. The topological polar surface area (TPSA) is 105 Å². The summed E-state index contributed by atoms with van der Waals surface area (Å²) in [6.07, 6.45) is 0.586. The first-order chi connectivity index (χ1) is 19.9. The van der Waals surface area contributed by atoms with Crippen LogP contribution in [0.15, 0.2) is 56.9 Å². The van der Waals surface area contributed by atoms with Gasteiger partial charge in [-0.15, -0.1) is 0 Å². The van der Waals surface area contributed by atoms with Crippen molar-refractivity contribution < 1.29 is 30.9 Å². The molecule has 2 aliphatic rings. The number of nitrogens with zero attached hydrogens (tertiary/aromatic N) is 3. The fraction of sp³-hybridized carbons (Fsp3) is 0.433. The third-order valence-electron chi connectivity index (χ3n) is 8.07. The van der Waals surface area contributed by atoms with Crippen molar-refractivity contribution in [2.24, 2.45) is 4.99 Å². The van der Waals surface area contributed by atoms with Crippen LogP contribution in [0.4, 0.5) is 19.0 Å². The summed E-state index contributed by atoms with van der Waals surface area (Å²) in [7, 11) is -4.34. The Bertz CT molecular complexity index is 1640. The summed E-state index contributed by atoms with van der Waals surface area (Å²) in [4.78, 5) is 19.5. The Kier molecular flexibility index (Phi) is 7.95. The van der Waals surface area contributed by atoms with Crippen LogP contribution in [-0.2, 0) is 27.5 Å². The SMILES string of the molecule is CCCCC1=NC2(CCCC2)C(=O)N1Cc1ccc(-c2ccccc2S(=O)(=O)Nc2noc(C)c2C)c(C(F)(F)F)c1. The van der Waals surface area contributed by atoms with Gasteiger partial charge in [0.25, 0.3) is 15.9 Å². The zero-order valence-corrected chi connectivity index (χ0v) is 24.5. The van der Waals surface area contributed by atoms with Gasteiger partial charge in [-0.25, -0.2) is 8.42 Å². The second kappa shape index (κ2) is 11.2. The van der Waals surface area contributed by atoms with Crippen molar-refractivity contribution in [3.8, 4) is 11.1 Å². The number of amidine groups is 1. The minimum absolute atomic E-state index is 0.0375. The standard InChI is InChI=1S/C30H33F3N4O4S/c1-4-5-12-26-34-29(15-8-9-16-29)28(38)37(26)18-21-13-14-22(24(17-21)30(31,32)33)23-10-6-7-11-25(23)42(39,40)36-27-19(2)20(3)41-35-27/h6-7,10-11,13-14,17H,4-5,8-9,12,15-16,18H2,1-3H3,(H,35,36). The van der Waals surface area contributed by atoms with E-state index in [2.05, 4.69) is 9.88 Å². The Labute approximate surface area is 243 Å². The molecular weight excluding hydrogens is 569 g/mol. The molecule has 0 saturated heterocycles. The predicted molar refractivity (Wildman–Crippen MR) is 152 cm³/mol. The molecular formula is C30H33F3N4O4S. The fourth-order valence-corrected chi connectivity index (χ4v) is 6.94. The van der Waals surface area contributed by atoms with Crippen molar-refractivity contribution in [1.29, 1.82) is 0 Å². The van der Waals surface area contributed by atoms with Crippen LogP contribution in [0.25, 0.3) is 11.1 Å². The quantitative estimate of drug-likeness (QED) is 0.283. The zero-order valence-electron chi connectivity index (χ0n) is 23.7. The number of nitrogens with one attached hydrogen (secondary N) is 1. The molecule has 1 aromatic heterocycles. The van der Waals surface area contributed by atoms with Crippen LogP contribution in [0.2, 0.25) is 0 Å². The van der Waals surface area contributed by atoms with Gasteiger partial charge in [-0.1, -0.05) is 61.7 Å². The molecule has 1 N–H and O–H groups in total. The number of unbranched alkanes of at least 4 members (excludes halogenated alkanes) is 1. The van der Waals surface area contributed by atoms with Crippen LogP contribution in [0.3, 0.4) is 0 Å². The van der Waals surface area contributed by atoms with Crippen molar-refractivity contribution in [3.05, 3.63) is 64.9 Å². The number of aliphatic imine (C=N–C) groups is 1. The van der Waals surface area contributed by atoms with Gasteiger partial charge in [-0.3, -0.25) is 19.4 Å². The van der Waals surface area contributed by atoms with Crippen LogP contribution < -0.4 is 4.72 Å². The van der Waals surface area contributed by atoms with E-state index in [0.29, 0.717) is 36.4 Å². The molecule has 1 fully saturated rings. The van der Waals surface area contributed by atoms with Gasteiger partial charge >= 0.3 is 6.18 Å². The van der Waals surface area contributed by atoms with Crippen molar-refractivity contribution in [2.45, 2.75) is 88.9 Å². The van der Waals surface area contributed by atoms with Gasteiger partial charge in [-0.05, 0) is 56.4 Å². The molecule has 0 unspecified atom stereocenters. The lowest BCUT2D eigenvalue weighted by Gasteiger charge is -2.24. The van der Waals surface area contributed by atoms with E-state index in [1.807, 2.05) is 6.92 Å². The Morgan fingerprint density at radius 1 is 1.07 bits per heavy atom. The summed E-state index contributed by atoms with van der Waals surface area (Å²) >= 11 is 0. The van der Waals surface area contributed by atoms with E-state index >= 15 is 0 Å². The lowest BCUT2D eigenvalue weighted by atomic mass is 9.96. The molecule has 5 rings (SSSR count). The summed E-state index contributed by atoms with van der Waals surface area (Å²) in [6, 6.07) is 9.28. The molecule has 3 aromatic rings. The molecule has 2 heterocycles. The number of hydrogen-bond acceptors (Lipinski definition) is 6. The van der Waals surface area contributed by atoms with E-state index in [9.17, 15) is 26.4 Å². The van der Waals surface area contributed by atoms with Crippen molar-refractivity contribution in [1.82, 2.24) is 10.1 Å². The molecule has 1 spiro atoms. The molecule has 1 amide bonds. The lowest BCUT2D eigenvalue weighted by Crippen LogP contribution is -2.40. The Balaban J connectivity index is 1.52. The smallest absolute Gasteiger partial charge is 0.359 e. The molecule has 8 nitrogen and oxygen atoms in total. The number of rotatable bonds is 9. The van der Waals surface area contributed by atoms with Crippen molar-refractivity contribution in [3.63, 3.8) is 0 Å². The summed E-state index contributed by atoms with van der Waals surface area (Å²) in [6.45, 7) is 5.23. The first-order valence-corrected chi connectivity index (χ1v) is 15.5. The summed E-state index contributed by atoms with van der Waals surface area (Å²) in [5.41, 5.74) is -1.45. The Hall–Kier alpha value is -3.67. The molecule has 0 bridgehead atoms. The van der Waals surface area contributed by atoms with Gasteiger partial charge in [0.1, 0.15) is 17.1 Å². The van der Waals surface area contributed by atoms with Gasteiger partial charge < -0.3 is 4.52 Å². The van der Waals surface area contributed by atoms with E-state index < -0.39 is 27.3 Å². The molecule has 0 radical (unpaired) electrons. The maximum atomic E-state index is 14.5. The maximum Gasteiger partial charge on any atom is 0.417 e. The number of hydrogen-bond donors (Lipinski definition) is 1. The van der Waals surface area contributed by atoms with Gasteiger partial charge in [0.15, 0.2) is 5.82 Å². The van der Waals surface area contributed by atoms with Gasteiger partial charge in [-0.2, -0.15) is 13.2 Å². The fourth-order valence-electron chi connectivity index (χ4n) is 5.66. The van der Waals surface area contributed by atoms with E-state index in [-0.39, 0.29) is 39.9 Å². The number of alkyl halides is 3. The second-order valence-electron chi connectivity index (χ2n) is 11.0. The monoisotopic (exact) mass is 602 g/mol. The number of halogens is 3. The van der Waals surface area contributed by atoms with E-state index in [0.717, 1.165) is 31.7 Å². The molecule has 0 atom stereocenters. The highest BCUT2D eigenvalue weighted by atomic mass is 32.2. The van der Waals surface area contributed by atoms with Crippen LogP contribution in [0.5, 0.6) is 0 Å². The average Bonchev–Trinajstić information content (AvgIpc) is 3.62. The van der Waals surface area contributed by atoms with Crippen molar-refractivity contribution >= 4 is 27.6 Å². The van der Waals surface area contributed by atoms with E-state index in [1.165, 1.54) is 36.4 Å². The molecule has 2 aromatic carbocycles. The molecule has 1 saturated carbocycles. The average molecular weight is 603 g/mol. The molecule has 42 heavy (non-hydrogen) atoms. The second-order valence-corrected chi connectivity index (χ2v) is 12.6. The number of aromatic nitrogens is 1. The van der Waals surface area contributed by atoms with Gasteiger partial charge in [0.05, 0.1) is 17.0 Å². The summed E-state index contributed by atoms with van der Waals surface area (Å²) in [5.74, 6) is 0.852. The number of aryl methyl sites for hydroxylation is 1. The van der Waals surface area contributed by atoms with Crippen LogP contribution in [0, 0.1) is 13.8 Å². The third kappa shape index (κ3) is 5.56. The molecule has 224 valence electrons. The highest BCUT2D eigenvalue weighted by Crippen LogP contribution is 2.42. The highest BCUT2D eigenvalue weighted by Gasteiger charge is 2.49. The van der Waals surface area contributed by atoms with Crippen LogP contribution in [0.1, 0.15) is 74.3 Å². The zero-order chi connectivity index (χ0) is 30.3. The van der Waals surface area contributed by atoms with Gasteiger partial charge in [0, 0.05) is 17.5 Å². The maximum absolute atomic E-state index is 14.5. The van der Waals surface area contributed by atoms with Gasteiger partial charge in [0.2, 0.25) is 0 Å². The third-order valence-corrected chi connectivity index (χ3v) is 9.46. The number of sulfonamides is 1. The Morgan fingerprint density at radius 3 is 2.43 bits per heavy atom. The lowest BCUT2D eigenvalue weighted by molar-refractivity contribution is -0.137. The summed E-state index contributed by atoms with van der Waals surface area (Å²) < 4.78 is 77.7. The number of carbonyl (C=O) groups excluding carboxylic acids is 1. The minimum Gasteiger partial charge on any atom is -0.359 e. The van der Waals surface area contributed by atoms with Crippen molar-refractivity contribution in [2.75, 3.05) is 4.72 Å². The van der Waals surface area contributed by atoms with Crippen LogP contribution in [-0.4, -0.2) is 35.8 Å². The highest BCUT2D eigenvalue weighted by molar-refractivity contribution is 7.92. The minimum atomic E-state index is -4.80. The first-order valence-electron chi connectivity index (χ1n) is 14.0. The number of amides is 1. The number of benzene rings is 2. The van der Waals surface area contributed by atoms with E-state index in [4.69, 9.17) is 9.52 Å². The van der Waals surface area contributed by atoms with Crippen LogP contribution >= 0.6 is 0 Å². The summed E-state index contributed by atoms with van der Waals surface area (Å²) in [5, 5.41) is 3.72. The largest absolute Gasteiger partial charge is 0.417 e.